The number of aliphatic hydroxyl groups is 1. The van der Waals surface area contributed by atoms with Gasteiger partial charge in [-0.2, -0.15) is 0 Å². The van der Waals surface area contributed by atoms with E-state index in [9.17, 15) is 0 Å². The van der Waals surface area contributed by atoms with Crippen molar-refractivity contribution in [2.24, 2.45) is 5.92 Å². The second-order valence-electron chi connectivity index (χ2n) is 5.69. The summed E-state index contributed by atoms with van der Waals surface area (Å²) >= 11 is 0. The van der Waals surface area contributed by atoms with E-state index in [1.165, 1.54) is 11.1 Å². The predicted molar refractivity (Wildman–Crippen MR) is 86.8 cm³/mol. The first kappa shape index (κ1) is 15.7. The van der Waals surface area contributed by atoms with Gasteiger partial charge in [0.15, 0.2) is 0 Å². The Balaban J connectivity index is 2.04. The monoisotopic (exact) mass is 284 g/mol. The topological polar surface area (TPSA) is 45.1 Å². The van der Waals surface area contributed by atoms with Crippen molar-refractivity contribution in [3.8, 4) is 11.1 Å². The molecule has 0 amide bonds. The van der Waals surface area contributed by atoms with Gasteiger partial charge < -0.3 is 10.4 Å². The van der Waals surface area contributed by atoms with E-state index in [0.717, 1.165) is 18.5 Å². The van der Waals surface area contributed by atoms with Gasteiger partial charge in [-0.3, -0.25) is 4.98 Å². The molecular weight excluding hydrogens is 260 g/mol. The van der Waals surface area contributed by atoms with E-state index >= 15 is 0 Å². The maximum Gasteiger partial charge on any atom is 0.0445 e. The lowest BCUT2D eigenvalue weighted by atomic mass is 10.0. The highest BCUT2D eigenvalue weighted by Gasteiger charge is 2.11. The zero-order valence-electron chi connectivity index (χ0n) is 12.8. The van der Waals surface area contributed by atoms with Crippen molar-refractivity contribution >= 4 is 0 Å². The lowest BCUT2D eigenvalue weighted by Crippen LogP contribution is -2.34. The Kier molecular flexibility index (Phi) is 5.90. The smallest absolute Gasteiger partial charge is 0.0445 e. The van der Waals surface area contributed by atoms with Crippen molar-refractivity contribution in [3.05, 3.63) is 54.4 Å². The van der Waals surface area contributed by atoms with Crippen LogP contribution in [-0.2, 0) is 6.54 Å². The third kappa shape index (κ3) is 4.66. The molecule has 0 radical (unpaired) electrons. The van der Waals surface area contributed by atoms with Crippen molar-refractivity contribution in [3.63, 3.8) is 0 Å². The molecule has 1 heterocycles. The third-order valence-electron chi connectivity index (χ3n) is 3.74. The average molecular weight is 284 g/mol. The van der Waals surface area contributed by atoms with Gasteiger partial charge in [0.25, 0.3) is 0 Å². The molecule has 2 N–H and O–H groups in total. The summed E-state index contributed by atoms with van der Waals surface area (Å²) in [7, 11) is 0. The molecule has 1 atom stereocenters. The highest BCUT2D eigenvalue weighted by atomic mass is 16.3. The van der Waals surface area contributed by atoms with Gasteiger partial charge in [-0.05, 0) is 41.2 Å². The minimum absolute atomic E-state index is 0.228. The Hall–Kier alpha value is -1.71. The number of benzene rings is 1. The van der Waals surface area contributed by atoms with Crippen LogP contribution >= 0.6 is 0 Å². The second-order valence-corrected chi connectivity index (χ2v) is 5.69. The summed E-state index contributed by atoms with van der Waals surface area (Å²) in [6, 6.07) is 12.9. The lowest BCUT2D eigenvalue weighted by molar-refractivity contribution is 0.244. The van der Waals surface area contributed by atoms with Crippen molar-refractivity contribution in [1.29, 1.82) is 0 Å². The van der Waals surface area contributed by atoms with Gasteiger partial charge in [0.05, 0.1) is 0 Å². The van der Waals surface area contributed by atoms with E-state index < -0.39 is 0 Å². The first-order valence-corrected chi connectivity index (χ1v) is 7.54. The molecule has 0 fully saturated rings. The summed E-state index contributed by atoms with van der Waals surface area (Å²) in [5.74, 6) is 0.513. The van der Waals surface area contributed by atoms with Gasteiger partial charge in [-0.15, -0.1) is 0 Å². The van der Waals surface area contributed by atoms with Gasteiger partial charge >= 0.3 is 0 Å². The zero-order valence-corrected chi connectivity index (χ0v) is 12.8. The molecule has 2 aromatic rings. The molecular formula is C18H24N2O. The van der Waals surface area contributed by atoms with Crippen LogP contribution in [-0.4, -0.2) is 22.7 Å². The molecule has 3 heteroatoms. The molecule has 0 aliphatic carbocycles. The number of pyridine rings is 1. The molecule has 0 saturated heterocycles. The molecule has 1 aromatic carbocycles. The van der Waals surface area contributed by atoms with Crippen LogP contribution in [0.1, 0.15) is 25.8 Å². The molecule has 0 saturated carbocycles. The van der Waals surface area contributed by atoms with E-state index in [0.29, 0.717) is 12.0 Å². The number of aromatic nitrogens is 1. The number of nitrogens with zero attached hydrogens (tertiary/aromatic N) is 1. The fraction of sp³-hybridized carbons (Fsp3) is 0.389. The summed E-state index contributed by atoms with van der Waals surface area (Å²) in [6.45, 7) is 5.40. The van der Waals surface area contributed by atoms with Gasteiger partial charge in [0.2, 0.25) is 0 Å². The van der Waals surface area contributed by atoms with E-state index in [2.05, 4.69) is 54.5 Å². The fourth-order valence-corrected chi connectivity index (χ4v) is 2.45. The number of rotatable bonds is 7. The van der Waals surface area contributed by atoms with Crippen molar-refractivity contribution in [2.75, 3.05) is 6.61 Å². The Morgan fingerprint density at radius 3 is 2.62 bits per heavy atom. The molecule has 3 nitrogen and oxygen atoms in total. The van der Waals surface area contributed by atoms with Gasteiger partial charge in [-0.1, -0.05) is 38.1 Å². The molecule has 2 rings (SSSR count). The molecule has 1 unspecified atom stereocenters. The largest absolute Gasteiger partial charge is 0.396 e. The van der Waals surface area contributed by atoms with Crippen LogP contribution in [0.4, 0.5) is 0 Å². The molecule has 0 aliphatic rings. The molecule has 1 aromatic heterocycles. The highest BCUT2D eigenvalue weighted by molar-refractivity contribution is 5.62. The van der Waals surface area contributed by atoms with Gasteiger partial charge in [0, 0.05) is 31.6 Å². The number of hydrogen-bond donors (Lipinski definition) is 2. The zero-order chi connectivity index (χ0) is 15.1. The Morgan fingerprint density at radius 2 is 1.95 bits per heavy atom. The van der Waals surface area contributed by atoms with E-state index in [1.807, 2.05) is 12.3 Å². The van der Waals surface area contributed by atoms with Gasteiger partial charge in [0.1, 0.15) is 0 Å². The highest BCUT2D eigenvalue weighted by Crippen LogP contribution is 2.19. The minimum Gasteiger partial charge on any atom is -0.396 e. The van der Waals surface area contributed by atoms with Crippen LogP contribution in [0.25, 0.3) is 11.1 Å². The standard InChI is InChI=1S/C18H24N2O/c1-14(2)18(8-10-21)20-12-15-5-3-6-16(11-15)17-7-4-9-19-13-17/h3-7,9,11,13-14,18,20-21H,8,10,12H2,1-2H3. The van der Waals surface area contributed by atoms with Crippen LogP contribution in [0.3, 0.4) is 0 Å². The third-order valence-corrected chi connectivity index (χ3v) is 3.74. The van der Waals surface area contributed by atoms with Crippen molar-refractivity contribution in [1.82, 2.24) is 10.3 Å². The second kappa shape index (κ2) is 7.91. The molecule has 112 valence electrons. The first-order chi connectivity index (χ1) is 10.2. The minimum atomic E-state index is 0.228. The van der Waals surface area contributed by atoms with E-state index in [4.69, 9.17) is 5.11 Å². The molecule has 0 spiro atoms. The predicted octanol–water partition coefficient (Wildman–Crippen LogP) is 3.25. The van der Waals surface area contributed by atoms with E-state index in [1.54, 1.807) is 6.20 Å². The Morgan fingerprint density at radius 1 is 1.14 bits per heavy atom. The Bertz CT molecular complexity index is 540. The van der Waals surface area contributed by atoms with Crippen molar-refractivity contribution in [2.45, 2.75) is 32.9 Å². The summed E-state index contributed by atoms with van der Waals surface area (Å²) in [6.07, 6.45) is 4.46. The van der Waals surface area contributed by atoms with Crippen LogP contribution in [0.15, 0.2) is 48.8 Å². The Labute approximate surface area is 127 Å². The maximum atomic E-state index is 9.13. The normalized spacial score (nSPS) is 12.6. The molecule has 0 aliphatic heterocycles. The number of aliphatic hydroxyl groups excluding tert-OH is 1. The number of hydrogen-bond acceptors (Lipinski definition) is 3. The molecule has 21 heavy (non-hydrogen) atoms. The summed E-state index contributed by atoms with van der Waals surface area (Å²) in [5, 5.41) is 12.7. The first-order valence-electron chi connectivity index (χ1n) is 7.54. The van der Waals surface area contributed by atoms with E-state index in [-0.39, 0.29) is 6.61 Å². The summed E-state index contributed by atoms with van der Waals surface area (Å²) < 4.78 is 0. The maximum absolute atomic E-state index is 9.13. The fourth-order valence-electron chi connectivity index (χ4n) is 2.45. The van der Waals surface area contributed by atoms with Crippen LogP contribution in [0, 0.1) is 5.92 Å². The van der Waals surface area contributed by atoms with Gasteiger partial charge in [-0.25, -0.2) is 0 Å². The number of nitrogens with one attached hydrogen (secondary N) is 1. The SMILES string of the molecule is CC(C)C(CCO)NCc1cccc(-c2cccnc2)c1. The quantitative estimate of drug-likeness (QED) is 0.820. The van der Waals surface area contributed by atoms with Crippen molar-refractivity contribution < 1.29 is 5.11 Å². The summed E-state index contributed by atoms with van der Waals surface area (Å²) in [5.41, 5.74) is 3.57. The average Bonchev–Trinajstić information content (AvgIpc) is 2.52. The van der Waals surface area contributed by atoms with Crippen LogP contribution < -0.4 is 5.32 Å². The lowest BCUT2D eigenvalue weighted by Gasteiger charge is -2.21. The summed E-state index contributed by atoms with van der Waals surface area (Å²) in [4.78, 5) is 4.17. The van der Waals surface area contributed by atoms with Crippen LogP contribution in [0.5, 0.6) is 0 Å². The molecule has 0 bridgehead atoms. The van der Waals surface area contributed by atoms with Crippen LogP contribution in [0.2, 0.25) is 0 Å².